The number of carbonyl (C=O) groups excluding carboxylic acids is 1. The Balaban J connectivity index is 2.15. The van der Waals surface area contributed by atoms with Crippen LogP contribution < -0.4 is 5.32 Å². The highest BCUT2D eigenvalue weighted by molar-refractivity contribution is 9.10. The van der Waals surface area contributed by atoms with Crippen LogP contribution in [0.1, 0.15) is 18.4 Å². The highest BCUT2D eigenvalue weighted by Crippen LogP contribution is 2.36. The van der Waals surface area contributed by atoms with Gasteiger partial charge < -0.3 is 10.1 Å². The highest BCUT2D eigenvalue weighted by Gasteiger charge is 2.33. The van der Waals surface area contributed by atoms with Gasteiger partial charge in [-0.1, -0.05) is 15.9 Å². The van der Waals surface area contributed by atoms with Gasteiger partial charge in [0.2, 0.25) is 0 Å². The van der Waals surface area contributed by atoms with Gasteiger partial charge >= 0.3 is 6.18 Å². The lowest BCUT2D eigenvalue weighted by Crippen LogP contribution is -2.27. The zero-order chi connectivity index (χ0) is 14.0. The monoisotopic (exact) mass is 337 g/mol. The molecule has 0 unspecified atom stereocenters. The molecule has 104 valence electrons. The van der Waals surface area contributed by atoms with Crippen LogP contribution in [0.2, 0.25) is 0 Å². The van der Waals surface area contributed by atoms with Gasteiger partial charge in [-0.3, -0.25) is 4.79 Å². The van der Waals surface area contributed by atoms with Crippen molar-refractivity contribution in [3.8, 4) is 0 Å². The van der Waals surface area contributed by atoms with E-state index in [9.17, 15) is 18.0 Å². The molecule has 7 heteroatoms. The van der Waals surface area contributed by atoms with Gasteiger partial charge in [-0.05, 0) is 31.0 Å². The molecular weight excluding hydrogens is 327 g/mol. The van der Waals surface area contributed by atoms with E-state index in [0.717, 1.165) is 12.5 Å². The second-order valence-electron chi connectivity index (χ2n) is 4.18. The van der Waals surface area contributed by atoms with Crippen molar-refractivity contribution >= 4 is 27.5 Å². The molecule has 0 bridgehead atoms. The van der Waals surface area contributed by atoms with Crippen molar-refractivity contribution in [3.05, 3.63) is 28.2 Å². The Morgan fingerprint density at radius 3 is 2.74 bits per heavy atom. The van der Waals surface area contributed by atoms with Crippen LogP contribution in [0.3, 0.4) is 0 Å². The van der Waals surface area contributed by atoms with Crippen molar-refractivity contribution in [2.24, 2.45) is 0 Å². The van der Waals surface area contributed by atoms with Crippen LogP contribution in [0, 0.1) is 0 Å². The van der Waals surface area contributed by atoms with Gasteiger partial charge in [-0.2, -0.15) is 13.2 Å². The summed E-state index contributed by atoms with van der Waals surface area (Å²) in [6.45, 7) is 0.506. The van der Waals surface area contributed by atoms with Crippen molar-refractivity contribution in [1.82, 2.24) is 0 Å². The number of ether oxygens (including phenoxy) is 1. The van der Waals surface area contributed by atoms with E-state index in [1.807, 2.05) is 0 Å². The number of carbonyl (C=O) groups is 1. The fourth-order valence-electron chi connectivity index (χ4n) is 1.83. The van der Waals surface area contributed by atoms with Gasteiger partial charge in [0.1, 0.15) is 6.10 Å². The molecule has 0 aliphatic carbocycles. The van der Waals surface area contributed by atoms with Crippen molar-refractivity contribution in [2.75, 3.05) is 11.9 Å². The quantitative estimate of drug-likeness (QED) is 0.895. The van der Waals surface area contributed by atoms with Crippen LogP contribution in [-0.2, 0) is 15.7 Å². The SMILES string of the molecule is O=C(Nc1ccc(Br)c(C(F)(F)F)c1)[C@@H]1CCCO1. The van der Waals surface area contributed by atoms with E-state index in [1.54, 1.807) is 0 Å². The maximum absolute atomic E-state index is 12.7. The van der Waals surface area contributed by atoms with Crippen LogP contribution in [-0.4, -0.2) is 18.6 Å². The second kappa shape index (κ2) is 5.50. The van der Waals surface area contributed by atoms with Gasteiger partial charge in [0, 0.05) is 16.8 Å². The fourth-order valence-corrected chi connectivity index (χ4v) is 2.30. The maximum Gasteiger partial charge on any atom is 0.417 e. The number of nitrogens with one attached hydrogen (secondary N) is 1. The number of halogens is 4. The lowest BCUT2D eigenvalue weighted by Gasteiger charge is -2.13. The predicted octanol–water partition coefficient (Wildman–Crippen LogP) is 3.59. The molecule has 1 aliphatic rings. The topological polar surface area (TPSA) is 38.3 Å². The molecule has 0 aromatic heterocycles. The molecule has 19 heavy (non-hydrogen) atoms. The van der Waals surface area contributed by atoms with E-state index in [0.29, 0.717) is 13.0 Å². The minimum absolute atomic E-state index is 0.0601. The molecule has 1 aromatic carbocycles. The van der Waals surface area contributed by atoms with E-state index in [4.69, 9.17) is 4.74 Å². The van der Waals surface area contributed by atoms with Gasteiger partial charge in [-0.25, -0.2) is 0 Å². The summed E-state index contributed by atoms with van der Waals surface area (Å²) in [5.74, 6) is -0.409. The second-order valence-corrected chi connectivity index (χ2v) is 5.04. The smallest absolute Gasteiger partial charge is 0.368 e. The van der Waals surface area contributed by atoms with Crippen molar-refractivity contribution < 1.29 is 22.7 Å². The van der Waals surface area contributed by atoms with Gasteiger partial charge in [-0.15, -0.1) is 0 Å². The van der Waals surface area contributed by atoms with Crippen LogP contribution in [0.5, 0.6) is 0 Å². The first-order valence-electron chi connectivity index (χ1n) is 5.67. The Kier molecular flexibility index (Phi) is 4.15. The number of benzene rings is 1. The molecule has 1 saturated heterocycles. The maximum atomic E-state index is 12.7. The third-order valence-corrected chi connectivity index (χ3v) is 3.45. The van der Waals surface area contributed by atoms with Crippen molar-refractivity contribution in [3.63, 3.8) is 0 Å². The lowest BCUT2D eigenvalue weighted by molar-refractivity contribution is -0.138. The zero-order valence-corrected chi connectivity index (χ0v) is 11.3. The first-order valence-corrected chi connectivity index (χ1v) is 6.46. The summed E-state index contributed by atoms with van der Waals surface area (Å²) in [4.78, 5) is 11.7. The minimum atomic E-state index is -4.47. The summed E-state index contributed by atoms with van der Waals surface area (Å²) in [5.41, 5.74) is -0.714. The predicted molar refractivity (Wildman–Crippen MR) is 66.7 cm³/mol. The summed E-state index contributed by atoms with van der Waals surface area (Å²) >= 11 is 2.84. The molecule has 1 aliphatic heterocycles. The van der Waals surface area contributed by atoms with Gasteiger partial charge in [0.25, 0.3) is 5.91 Å². The molecule has 0 radical (unpaired) electrons. The largest absolute Gasteiger partial charge is 0.417 e. The van der Waals surface area contributed by atoms with E-state index in [-0.39, 0.29) is 10.2 Å². The molecule has 1 amide bonds. The van der Waals surface area contributed by atoms with E-state index in [2.05, 4.69) is 21.2 Å². The van der Waals surface area contributed by atoms with E-state index < -0.39 is 23.8 Å². The van der Waals surface area contributed by atoms with Gasteiger partial charge in [0.05, 0.1) is 5.56 Å². The van der Waals surface area contributed by atoms with Crippen LogP contribution in [0.4, 0.5) is 18.9 Å². The third kappa shape index (κ3) is 3.48. The summed E-state index contributed by atoms with van der Waals surface area (Å²) in [7, 11) is 0. The number of alkyl halides is 3. The van der Waals surface area contributed by atoms with E-state index >= 15 is 0 Å². The first kappa shape index (κ1) is 14.3. The standard InChI is InChI=1S/C12H11BrF3NO2/c13-9-4-3-7(6-8(9)12(14,15)16)17-11(18)10-2-1-5-19-10/h3-4,6,10H,1-2,5H2,(H,17,18)/t10-/m0/s1. The molecule has 1 aromatic rings. The molecule has 0 spiro atoms. The molecule has 1 fully saturated rings. The summed E-state index contributed by atoms with van der Waals surface area (Å²) < 4.78 is 43.2. The van der Waals surface area contributed by atoms with Crippen LogP contribution in [0.25, 0.3) is 0 Å². The average molecular weight is 338 g/mol. The summed E-state index contributed by atoms with van der Waals surface area (Å²) in [6, 6.07) is 3.57. The molecule has 1 atom stereocenters. The van der Waals surface area contributed by atoms with Crippen LogP contribution in [0.15, 0.2) is 22.7 Å². The number of amides is 1. The molecule has 1 heterocycles. The Labute approximate surface area is 116 Å². The molecular formula is C12H11BrF3NO2. The molecule has 0 saturated carbocycles. The first-order chi connectivity index (χ1) is 8.88. The Bertz CT molecular complexity index is 484. The number of anilines is 1. The zero-order valence-electron chi connectivity index (χ0n) is 9.76. The van der Waals surface area contributed by atoms with Crippen LogP contribution >= 0.6 is 15.9 Å². The highest BCUT2D eigenvalue weighted by atomic mass is 79.9. The number of hydrogen-bond donors (Lipinski definition) is 1. The number of hydrogen-bond acceptors (Lipinski definition) is 2. The minimum Gasteiger partial charge on any atom is -0.368 e. The Morgan fingerprint density at radius 1 is 1.42 bits per heavy atom. The lowest BCUT2D eigenvalue weighted by atomic mass is 10.2. The molecule has 1 N–H and O–H groups in total. The van der Waals surface area contributed by atoms with Crippen molar-refractivity contribution in [1.29, 1.82) is 0 Å². The Morgan fingerprint density at radius 2 is 2.16 bits per heavy atom. The molecule has 3 nitrogen and oxygen atoms in total. The Hall–Kier alpha value is -1.08. The number of rotatable bonds is 2. The summed E-state index contributed by atoms with van der Waals surface area (Å²) in [6.07, 6.45) is -3.66. The van der Waals surface area contributed by atoms with Crippen molar-refractivity contribution in [2.45, 2.75) is 25.1 Å². The molecule has 2 rings (SSSR count). The van der Waals surface area contributed by atoms with E-state index in [1.165, 1.54) is 12.1 Å². The normalized spacial score (nSPS) is 19.5. The fraction of sp³-hybridized carbons (Fsp3) is 0.417. The van der Waals surface area contributed by atoms with Gasteiger partial charge in [0.15, 0.2) is 0 Å². The average Bonchev–Trinajstić information content (AvgIpc) is 2.83. The summed E-state index contributed by atoms with van der Waals surface area (Å²) in [5, 5.41) is 2.44. The third-order valence-electron chi connectivity index (χ3n) is 2.76.